The molecule has 0 aliphatic heterocycles. The summed E-state index contributed by atoms with van der Waals surface area (Å²) in [6.07, 6.45) is 3.25. The van der Waals surface area contributed by atoms with Crippen LogP contribution in [-0.4, -0.2) is 5.78 Å². The van der Waals surface area contributed by atoms with Crippen molar-refractivity contribution in [2.75, 3.05) is 0 Å². The Morgan fingerprint density at radius 2 is 1.75 bits per heavy atom. The molecule has 0 saturated heterocycles. The monoisotopic (exact) mass is 329 g/mol. The molecule has 3 heteroatoms. The number of benzene rings is 2. The molecule has 0 unspecified atom stereocenters. The third kappa shape index (κ3) is 4.35. The van der Waals surface area contributed by atoms with Gasteiger partial charge in [0.05, 0.1) is 0 Å². The van der Waals surface area contributed by atoms with Gasteiger partial charge in [0.1, 0.15) is 0 Å². The van der Waals surface area contributed by atoms with Crippen LogP contribution in [0.5, 0.6) is 0 Å². The van der Waals surface area contributed by atoms with E-state index in [1.165, 1.54) is 11.1 Å². The van der Waals surface area contributed by atoms with E-state index in [0.29, 0.717) is 12.1 Å². The molecule has 0 aromatic heterocycles. The Morgan fingerprint density at radius 1 is 1.10 bits per heavy atom. The lowest BCUT2D eigenvalue weighted by Crippen LogP contribution is -2.05. The second-order valence-electron chi connectivity index (χ2n) is 4.57. The second kappa shape index (κ2) is 7.06. The lowest BCUT2D eigenvalue weighted by Gasteiger charge is -2.02. The van der Waals surface area contributed by atoms with Crippen LogP contribution in [0.2, 0.25) is 0 Å². The maximum atomic E-state index is 11.9. The van der Waals surface area contributed by atoms with Crippen molar-refractivity contribution < 1.29 is 4.79 Å². The van der Waals surface area contributed by atoms with E-state index in [1.807, 2.05) is 12.1 Å². The average molecular weight is 330 g/mol. The molecule has 0 aliphatic rings. The first kappa shape index (κ1) is 14.5. The van der Waals surface area contributed by atoms with Crippen molar-refractivity contribution in [2.45, 2.75) is 13.5 Å². The van der Waals surface area contributed by atoms with Crippen molar-refractivity contribution in [1.82, 2.24) is 5.32 Å². The topological polar surface area (TPSA) is 29.1 Å². The highest BCUT2D eigenvalue weighted by Gasteiger charge is 2.00. The first-order valence-corrected chi connectivity index (χ1v) is 7.20. The summed E-state index contributed by atoms with van der Waals surface area (Å²) in [6, 6.07) is 15.6. The standard InChI is InChI=1S/C17H16BrNO/c1-13-2-4-14(5-3-13)12-19-11-10-17(20)15-6-8-16(18)9-7-15/h2-11,19H,12H2,1H3/b11-10+. The number of carbonyl (C=O) groups is 1. The first-order chi connectivity index (χ1) is 9.65. The van der Waals surface area contributed by atoms with Crippen LogP contribution >= 0.6 is 15.9 Å². The van der Waals surface area contributed by atoms with Gasteiger partial charge in [-0.3, -0.25) is 4.79 Å². The zero-order chi connectivity index (χ0) is 14.4. The van der Waals surface area contributed by atoms with Crippen LogP contribution in [0.25, 0.3) is 0 Å². The average Bonchev–Trinajstić information content (AvgIpc) is 2.46. The fourth-order valence-electron chi connectivity index (χ4n) is 1.73. The molecule has 0 aliphatic carbocycles. The molecular formula is C17H16BrNO. The van der Waals surface area contributed by atoms with Crippen molar-refractivity contribution in [3.05, 3.63) is 82.0 Å². The van der Waals surface area contributed by atoms with Gasteiger partial charge in [0.15, 0.2) is 5.78 Å². The smallest absolute Gasteiger partial charge is 0.187 e. The fraction of sp³-hybridized carbons (Fsp3) is 0.118. The normalized spacial score (nSPS) is 10.7. The van der Waals surface area contributed by atoms with Gasteiger partial charge in [-0.15, -0.1) is 0 Å². The highest BCUT2D eigenvalue weighted by Crippen LogP contribution is 2.11. The number of allylic oxidation sites excluding steroid dienone is 1. The van der Waals surface area contributed by atoms with Gasteiger partial charge in [-0.2, -0.15) is 0 Å². The number of aryl methyl sites for hydroxylation is 1. The van der Waals surface area contributed by atoms with Gasteiger partial charge < -0.3 is 5.32 Å². The lowest BCUT2D eigenvalue weighted by molar-refractivity contribution is 0.104. The summed E-state index contributed by atoms with van der Waals surface area (Å²) < 4.78 is 0.968. The summed E-state index contributed by atoms with van der Waals surface area (Å²) in [4.78, 5) is 11.9. The zero-order valence-electron chi connectivity index (χ0n) is 11.3. The number of hydrogen-bond donors (Lipinski definition) is 1. The number of nitrogens with one attached hydrogen (secondary N) is 1. The summed E-state index contributed by atoms with van der Waals surface area (Å²) in [6.45, 7) is 2.78. The van der Waals surface area contributed by atoms with Gasteiger partial charge in [-0.05, 0) is 36.8 Å². The largest absolute Gasteiger partial charge is 0.387 e. The van der Waals surface area contributed by atoms with Crippen LogP contribution in [0.4, 0.5) is 0 Å². The Bertz CT molecular complexity index is 600. The van der Waals surface area contributed by atoms with Crippen molar-refractivity contribution in [2.24, 2.45) is 0 Å². The van der Waals surface area contributed by atoms with E-state index in [2.05, 4.69) is 52.4 Å². The van der Waals surface area contributed by atoms with E-state index < -0.39 is 0 Å². The minimum Gasteiger partial charge on any atom is -0.387 e. The molecule has 102 valence electrons. The molecule has 2 nitrogen and oxygen atoms in total. The van der Waals surface area contributed by atoms with Crippen LogP contribution in [0.15, 0.2) is 65.3 Å². The molecule has 2 rings (SSSR count). The summed E-state index contributed by atoms with van der Waals surface area (Å²) in [7, 11) is 0. The molecule has 0 saturated carbocycles. The molecule has 2 aromatic rings. The fourth-order valence-corrected chi connectivity index (χ4v) is 1.99. The van der Waals surface area contributed by atoms with Crippen LogP contribution in [0.3, 0.4) is 0 Å². The molecule has 0 bridgehead atoms. The van der Waals surface area contributed by atoms with Crippen molar-refractivity contribution in [1.29, 1.82) is 0 Å². The SMILES string of the molecule is Cc1ccc(CN/C=C/C(=O)c2ccc(Br)cc2)cc1. The van der Waals surface area contributed by atoms with Gasteiger partial charge in [0.25, 0.3) is 0 Å². The van der Waals surface area contributed by atoms with Gasteiger partial charge in [0, 0.05) is 28.9 Å². The lowest BCUT2D eigenvalue weighted by atomic mass is 10.1. The van der Waals surface area contributed by atoms with E-state index in [-0.39, 0.29) is 5.78 Å². The molecule has 0 atom stereocenters. The molecule has 0 spiro atoms. The highest BCUT2D eigenvalue weighted by molar-refractivity contribution is 9.10. The third-order valence-electron chi connectivity index (χ3n) is 2.91. The van der Waals surface area contributed by atoms with Gasteiger partial charge >= 0.3 is 0 Å². The third-order valence-corrected chi connectivity index (χ3v) is 3.44. The molecule has 2 aromatic carbocycles. The summed E-state index contributed by atoms with van der Waals surface area (Å²) in [5.74, 6) is -0.00564. The Balaban J connectivity index is 1.85. The number of hydrogen-bond acceptors (Lipinski definition) is 2. The Labute approximate surface area is 127 Å². The number of ketones is 1. The number of rotatable bonds is 5. The highest BCUT2D eigenvalue weighted by atomic mass is 79.9. The van der Waals surface area contributed by atoms with Crippen LogP contribution in [0.1, 0.15) is 21.5 Å². The minimum absolute atomic E-state index is 0.00564. The summed E-state index contributed by atoms with van der Waals surface area (Å²) in [5, 5.41) is 3.12. The maximum absolute atomic E-state index is 11.9. The van der Waals surface area contributed by atoms with E-state index in [9.17, 15) is 4.79 Å². The summed E-state index contributed by atoms with van der Waals surface area (Å²) in [5.41, 5.74) is 3.12. The number of halogens is 1. The van der Waals surface area contributed by atoms with Crippen molar-refractivity contribution in [3.63, 3.8) is 0 Å². The molecule has 0 heterocycles. The molecule has 1 N–H and O–H groups in total. The quantitative estimate of drug-likeness (QED) is 0.656. The zero-order valence-corrected chi connectivity index (χ0v) is 12.9. The summed E-state index contributed by atoms with van der Waals surface area (Å²) >= 11 is 3.35. The van der Waals surface area contributed by atoms with E-state index in [4.69, 9.17) is 0 Å². The predicted octanol–water partition coefficient (Wildman–Crippen LogP) is 4.24. The second-order valence-corrected chi connectivity index (χ2v) is 5.49. The van der Waals surface area contributed by atoms with E-state index >= 15 is 0 Å². The van der Waals surface area contributed by atoms with Crippen LogP contribution < -0.4 is 5.32 Å². The van der Waals surface area contributed by atoms with E-state index in [1.54, 1.807) is 24.4 Å². The van der Waals surface area contributed by atoms with Gasteiger partial charge in [-0.1, -0.05) is 45.8 Å². The van der Waals surface area contributed by atoms with Crippen molar-refractivity contribution >= 4 is 21.7 Å². The predicted molar refractivity (Wildman–Crippen MR) is 85.6 cm³/mol. The molecule has 20 heavy (non-hydrogen) atoms. The Morgan fingerprint density at radius 3 is 2.40 bits per heavy atom. The Kier molecular flexibility index (Phi) is 5.13. The Hall–Kier alpha value is -1.87. The number of carbonyl (C=O) groups excluding carboxylic acids is 1. The molecule has 0 amide bonds. The van der Waals surface area contributed by atoms with Crippen LogP contribution in [-0.2, 0) is 6.54 Å². The molecule has 0 radical (unpaired) electrons. The minimum atomic E-state index is -0.00564. The first-order valence-electron chi connectivity index (χ1n) is 6.40. The van der Waals surface area contributed by atoms with Crippen LogP contribution in [0, 0.1) is 6.92 Å². The van der Waals surface area contributed by atoms with E-state index in [0.717, 1.165) is 4.47 Å². The van der Waals surface area contributed by atoms with Crippen molar-refractivity contribution in [3.8, 4) is 0 Å². The molecular weight excluding hydrogens is 314 g/mol. The molecule has 0 fully saturated rings. The van der Waals surface area contributed by atoms with Gasteiger partial charge in [0.2, 0.25) is 0 Å². The van der Waals surface area contributed by atoms with Gasteiger partial charge in [-0.25, -0.2) is 0 Å². The maximum Gasteiger partial charge on any atom is 0.187 e.